The van der Waals surface area contributed by atoms with Crippen molar-refractivity contribution in [2.75, 3.05) is 11.9 Å². The average Bonchev–Trinajstić information content (AvgIpc) is 2.93. The predicted molar refractivity (Wildman–Crippen MR) is 78.8 cm³/mol. The molecule has 1 aliphatic rings. The predicted octanol–water partition coefficient (Wildman–Crippen LogP) is 2.89. The van der Waals surface area contributed by atoms with Crippen molar-refractivity contribution in [1.29, 1.82) is 0 Å². The van der Waals surface area contributed by atoms with Gasteiger partial charge in [0.05, 0.1) is 0 Å². The summed E-state index contributed by atoms with van der Waals surface area (Å²) in [6.07, 6.45) is 0. The molecule has 1 unspecified atom stereocenters. The zero-order chi connectivity index (χ0) is 15.1. The van der Waals surface area contributed by atoms with E-state index < -0.39 is 12.1 Å². The number of imide groups is 1. The van der Waals surface area contributed by atoms with Crippen LogP contribution in [0.3, 0.4) is 0 Å². The fourth-order valence-corrected chi connectivity index (χ4v) is 2.78. The summed E-state index contributed by atoms with van der Waals surface area (Å²) in [6.45, 7) is 1.71. The Morgan fingerprint density at radius 2 is 2.05 bits per heavy atom. The number of carbonyl (C=O) groups is 2. The summed E-state index contributed by atoms with van der Waals surface area (Å²) in [5, 5.41) is 3.75. The van der Waals surface area contributed by atoms with Gasteiger partial charge in [-0.25, -0.2) is 9.69 Å². The van der Waals surface area contributed by atoms with Gasteiger partial charge in [0.15, 0.2) is 5.82 Å². The standard InChI is InChI=1S/C14H12BrN3O3/c1-8-6-11(16-21-8)18-13(19)12(17(2)14(18)20)9-4-3-5-10(15)7-9/h3-7,12H,1-2H3. The first kappa shape index (κ1) is 13.8. The number of carbonyl (C=O) groups excluding carboxylic acids is 2. The van der Waals surface area contributed by atoms with Crippen LogP contribution in [-0.4, -0.2) is 29.0 Å². The molecule has 0 bridgehead atoms. The van der Waals surface area contributed by atoms with Crippen molar-refractivity contribution in [3.8, 4) is 0 Å². The second-order valence-corrected chi connectivity index (χ2v) is 5.74. The molecule has 1 atom stereocenters. The minimum absolute atomic E-state index is 0.215. The Morgan fingerprint density at radius 3 is 2.67 bits per heavy atom. The smallest absolute Gasteiger partial charge is 0.333 e. The molecule has 2 heterocycles. The molecule has 1 aromatic carbocycles. The average molecular weight is 350 g/mol. The van der Waals surface area contributed by atoms with Crippen molar-refractivity contribution in [2.45, 2.75) is 13.0 Å². The molecule has 1 fully saturated rings. The van der Waals surface area contributed by atoms with Gasteiger partial charge in [0.25, 0.3) is 5.91 Å². The van der Waals surface area contributed by atoms with Crippen LogP contribution in [0.15, 0.2) is 39.3 Å². The van der Waals surface area contributed by atoms with Gasteiger partial charge in [-0.05, 0) is 24.6 Å². The number of hydrogen-bond acceptors (Lipinski definition) is 4. The summed E-state index contributed by atoms with van der Waals surface area (Å²) in [5.74, 6) is 0.417. The van der Waals surface area contributed by atoms with Gasteiger partial charge in [-0.3, -0.25) is 4.79 Å². The Labute approximate surface area is 129 Å². The Hall–Kier alpha value is -2.15. The molecular formula is C14H12BrN3O3. The Kier molecular flexibility index (Phi) is 3.29. The number of nitrogens with zero attached hydrogens (tertiary/aromatic N) is 3. The lowest BCUT2D eigenvalue weighted by atomic mass is 10.1. The van der Waals surface area contributed by atoms with E-state index in [4.69, 9.17) is 4.52 Å². The molecule has 6 nitrogen and oxygen atoms in total. The number of aryl methyl sites for hydroxylation is 1. The number of amides is 3. The molecule has 7 heteroatoms. The molecule has 3 amide bonds. The number of hydrogen-bond donors (Lipinski definition) is 0. The molecule has 0 spiro atoms. The first-order valence-electron chi connectivity index (χ1n) is 6.28. The van der Waals surface area contributed by atoms with E-state index in [0.29, 0.717) is 5.76 Å². The topological polar surface area (TPSA) is 66.7 Å². The molecule has 0 radical (unpaired) electrons. The Balaban J connectivity index is 2.01. The lowest BCUT2D eigenvalue weighted by Crippen LogP contribution is -2.31. The van der Waals surface area contributed by atoms with Crippen LogP contribution in [0.1, 0.15) is 17.4 Å². The number of rotatable bonds is 2. The van der Waals surface area contributed by atoms with Gasteiger partial charge in [0.2, 0.25) is 0 Å². The van der Waals surface area contributed by atoms with Gasteiger partial charge in [0, 0.05) is 17.6 Å². The monoisotopic (exact) mass is 349 g/mol. The zero-order valence-electron chi connectivity index (χ0n) is 11.4. The van der Waals surface area contributed by atoms with Gasteiger partial charge < -0.3 is 9.42 Å². The molecule has 0 aliphatic carbocycles. The minimum Gasteiger partial charge on any atom is -0.360 e. The van der Waals surface area contributed by atoms with Crippen molar-refractivity contribution in [2.24, 2.45) is 0 Å². The number of halogens is 1. The number of aromatic nitrogens is 1. The summed E-state index contributed by atoms with van der Waals surface area (Å²) in [5.41, 5.74) is 0.743. The van der Waals surface area contributed by atoms with Crippen LogP contribution in [0, 0.1) is 6.92 Å². The zero-order valence-corrected chi connectivity index (χ0v) is 13.0. The summed E-state index contributed by atoms with van der Waals surface area (Å²) in [7, 11) is 1.60. The molecule has 0 saturated carbocycles. The number of anilines is 1. The molecule has 1 aromatic heterocycles. The van der Waals surface area contributed by atoms with Crippen LogP contribution in [0.25, 0.3) is 0 Å². The van der Waals surface area contributed by atoms with E-state index in [1.807, 2.05) is 24.3 Å². The van der Waals surface area contributed by atoms with Crippen molar-refractivity contribution >= 4 is 33.7 Å². The third kappa shape index (κ3) is 2.23. The Morgan fingerprint density at radius 1 is 1.29 bits per heavy atom. The van der Waals surface area contributed by atoms with E-state index in [-0.39, 0.29) is 11.7 Å². The van der Waals surface area contributed by atoms with Crippen molar-refractivity contribution in [1.82, 2.24) is 10.1 Å². The largest absolute Gasteiger partial charge is 0.360 e. The summed E-state index contributed by atoms with van der Waals surface area (Å²) < 4.78 is 5.80. The SMILES string of the molecule is Cc1cc(N2C(=O)C(c3cccc(Br)c3)N(C)C2=O)no1. The van der Waals surface area contributed by atoms with Crippen LogP contribution >= 0.6 is 15.9 Å². The quantitative estimate of drug-likeness (QED) is 0.781. The normalized spacial score (nSPS) is 18.7. The van der Waals surface area contributed by atoms with E-state index in [1.165, 1.54) is 4.90 Å². The van der Waals surface area contributed by atoms with Gasteiger partial charge in [-0.15, -0.1) is 0 Å². The Bertz CT molecular complexity index is 728. The summed E-state index contributed by atoms with van der Waals surface area (Å²) in [4.78, 5) is 27.4. The third-order valence-electron chi connectivity index (χ3n) is 3.34. The third-order valence-corrected chi connectivity index (χ3v) is 3.84. The fraction of sp³-hybridized carbons (Fsp3) is 0.214. The van der Waals surface area contributed by atoms with Crippen LogP contribution in [-0.2, 0) is 4.79 Å². The molecule has 3 rings (SSSR count). The first-order valence-corrected chi connectivity index (χ1v) is 7.08. The molecule has 21 heavy (non-hydrogen) atoms. The summed E-state index contributed by atoms with van der Waals surface area (Å²) in [6, 6.07) is 7.81. The van der Waals surface area contributed by atoms with Crippen LogP contribution in [0.2, 0.25) is 0 Å². The van der Waals surface area contributed by atoms with Crippen LogP contribution < -0.4 is 4.90 Å². The van der Waals surface area contributed by atoms with Crippen molar-refractivity contribution < 1.29 is 14.1 Å². The van der Waals surface area contributed by atoms with Crippen molar-refractivity contribution in [3.05, 3.63) is 46.1 Å². The minimum atomic E-state index is -0.660. The maximum atomic E-state index is 12.6. The number of likely N-dealkylation sites (N-methyl/N-ethyl adjacent to an activating group) is 1. The van der Waals surface area contributed by atoms with Gasteiger partial charge in [-0.1, -0.05) is 33.2 Å². The van der Waals surface area contributed by atoms with Crippen LogP contribution in [0.4, 0.5) is 10.6 Å². The van der Waals surface area contributed by atoms with Gasteiger partial charge in [0.1, 0.15) is 11.8 Å². The lowest BCUT2D eigenvalue weighted by Gasteiger charge is -2.16. The molecule has 2 aromatic rings. The van der Waals surface area contributed by atoms with E-state index in [2.05, 4.69) is 21.1 Å². The van der Waals surface area contributed by atoms with E-state index >= 15 is 0 Å². The maximum Gasteiger partial charge on any atom is 0.333 e. The van der Waals surface area contributed by atoms with E-state index in [1.54, 1.807) is 20.0 Å². The highest BCUT2D eigenvalue weighted by Crippen LogP contribution is 2.33. The molecule has 1 aliphatic heterocycles. The van der Waals surface area contributed by atoms with Gasteiger partial charge >= 0.3 is 6.03 Å². The van der Waals surface area contributed by atoms with Gasteiger partial charge in [-0.2, -0.15) is 0 Å². The van der Waals surface area contributed by atoms with E-state index in [0.717, 1.165) is 14.9 Å². The molecule has 1 saturated heterocycles. The molecule has 108 valence electrons. The highest BCUT2D eigenvalue weighted by atomic mass is 79.9. The van der Waals surface area contributed by atoms with Crippen molar-refractivity contribution in [3.63, 3.8) is 0 Å². The van der Waals surface area contributed by atoms with E-state index in [9.17, 15) is 9.59 Å². The van der Waals surface area contributed by atoms with Crippen LogP contribution in [0.5, 0.6) is 0 Å². The highest BCUT2D eigenvalue weighted by molar-refractivity contribution is 9.10. The summed E-state index contributed by atoms with van der Waals surface area (Å²) >= 11 is 3.37. The lowest BCUT2D eigenvalue weighted by molar-refractivity contribution is -0.119. The second-order valence-electron chi connectivity index (χ2n) is 4.82. The fourth-order valence-electron chi connectivity index (χ4n) is 2.36. The molecule has 0 N–H and O–H groups in total. The molecular weight excluding hydrogens is 338 g/mol. The number of benzene rings is 1. The highest BCUT2D eigenvalue weighted by Gasteiger charge is 2.46. The first-order chi connectivity index (χ1) is 9.99. The maximum absolute atomic E-state index is 12.6. The second kappa shape index (κ2) is 5.00. The number of urea groups is 1.